The van der Waals surface area contributed by atoms with Crippen molar-refractivity contribution in [1.29, 1.82) is 0 Å². The summed E-state index contributed by atoms with van der Waals surface area (Å²) >= 11 is 0. The number of aromatic nitrogens is 2. The first-order valence-electron chi connectivity index (χ1n) is 29.0. The van der Waals surface area contributed by atoms with E-state index < -0.39 is 11.6 Å². The third-order valence-electron chi connectivity index (χ3n) is 16.1. The van der Waals surface area contributed by atoms with Gasteiger partial charge in [-0.05, 0) is 137 Å². The van der Waals surface area contributed by atoms with E-state index in [1.807, 2.05) is 41.1 Å². The maximum Gasteiger partial charge on any atom is 2.00 e. The zero-order valence-electron chi connectivity index (χ0n) is 49.5. The Morgan fingerprint density at radius 1 is 0.512 bits per heavy atom. The topological polar surface area (TPSA) is 33.1 Å². The van der Waals surface area contributed by atoms with Gasteiger partial charge in [-0.1, -0.05) is 195 Å². The van der Waals surface area contributed by atoms with Gasteiger partial charge in [-0.15, -0.1) is 29.1 Å². The molecule has 8 heteroatoms. The van der Waals surface area contributed by atoms with Gasteiger partial charge in [0.05, 0.1) is 11.1 Å². The van der Waals surface area contributed by atoms with Gasteiger partial charge in [-0.25, -0.2) is 13.8 Å². The van der Waals surface area contributed by atoms with Crippen molar-refractivity contribution in [2.45, 2.75) is 105 Å². The van der Waals surface area contributed by atoms with E-state index >= 15 is 8.78 Å². The average molecular weight is 1290 g/mol. The number of hydrogen-bond acceptors (Lipinski definition) is 2. The summed E-state index contributed by atoms with van der Waals surface area (Å²) in [5, 5.41) is 2.13. The molecule has 0 fully saturated rings. The number of fused-ring (bicyclic) bond motifs is 4. The molecule has 12 rings (SSSR count). The van der Waals surface area contributed by atoms with Crippen LogP contribution in [0.3, 0.4) is 0 Å². The van der Waals surface area contributed by atoms with E-state index in [1.54, 1.807) is 0 Å². The Hall–Kier alpha value is -8.34. The number of nitrogens with zero attached hydrogens (tertiary/aromatic N) is 4. The first-order chi connectivity index (χ1) is 39.9. The second-order valence-corrected chi connectivity index (χ2v) is 24.3. The molecule has 5 nitrogen and oxygen atoms in total. The van der Waals surface area contributed by atoms with E-state index in [0.29, 0.717) is 28.3 Å². The summed E-state index contributed by atoms with van der Waals surface area (Å²) in [4.78, 5) is 4.95. The molecule has 0 saturated heterocycles. The second kappa shape index (κ2) is 23.0. The van der Waals surface area contributed by atoms with E-state index in [-0.39, 0.29) is 50.2 Å². The van der Waals surface area contributed by atoms with Gasteiger partial charge in [0.2, 0.25) is 5.69 Å². The van der Waals surface area contributed by atoms with E-state index in [9.17, 15) is 0 Å². The van der Waals surface area contributed by atoms with Crippen LogP contribution >= 0.6 is 0 Å². The van der Waals surface area contributed by atoms with Crippen LogP contribution in [0, 0.1) is 23.8 Å². The van der Waals surface area contributed by atoms with Crippen LogP contribution in [0.25, 0.3) is 72.1 Å². The summed E-state index contributed by atoms with van der Waals surface area (Å²) in [7, 11) is 0. The molecule has 2 aromatic heterocycles. The van der Waals surface area contributed by atoms with Gasteiger partial charge in [0, 0.05) is 41.4 Å². The number of hydrogen-bond donors (Lipinski definition) is 0. The van der Waals surface area contributed by atoms with Crippen molar-refractivity contribution in [2.24, 2.45) is 0 Å². The largest absolute Gasteiger partial charge is 2.00 e. The number of halogens is 2. The van der Waals surface area contributed by atoms with Crippen LogP contribution in [-0.2, 0) is 26.5 Å². The summed E-state index contributed by atoms with van der Waals surface area (Å²) in [6, 6.07) is 72.5. The van der Waals surface area contributed by atoms with Gasteiger partial charge >= 0.3 is 27.1 Å². The van der Waals surface area contributed by atoms with Crippen molar-refractivity contribution in [3.8, 4) is 61.8 Å². The fourth-order valence-corrected chi connectivity index (χ4v) is 11.7. The third kappa shape index (κ3) is 10.9. The molecule has 11 aromatic rings. The zero-order chi connectivity index (χ0) is 58.0. The molecule has 420 valence electrons. The van der Waals surface area contributed by atoms with Crippen molar-refractivity contribution in [2.75, 3.05) is 0 Å². The quantitative estimate of drug-likeness (QED) is 0.0851. The molecule has 0 amide bonds. The molecule has 0 spiro atoms. The molecule has 1 aliphatic heterocycles. The molecule has 84 heavy (non-hydrogen) atoms. The van der Waals surface area contributed by atoms with Crippen LogP contribution in [0.5, 0.6) is 11.5 Å². The minimum atomic E-state index is -0.654. The van der Waals surface area contributed by atoms with Gasteiger partial charge < -0.3 is 9.30 Å². The van der Waals surface area contributed by atoms with Crippen molar-refractivity contribution in [1.82, 2.24) is 18.7 Å². The first kappa shape index (κ1) is 57.5. The first-order valence-corrected chi connectivity index (χ1v) is 29.0. The number of pyridine rings is 1. The van der Waals surface area contributed by atoms with E-state index in [0.717, 1.165) is 78.6 Å². The number of ether oxygens (including phenoxy) is 1. The smallest absolute Gasteiger partial charge is 0.509 e. The maximum absolute atomic E-state index is 15.5. The maximum atomic E-state index is 15.5. The Balaban J connectivity index is 0.00000736. The average Bonchev–Trinajstić information content (AvgIpc) is 1.96. The summed E-state index contributed by atoms with van der Waals surface area (Å²) < 4.78 is 44.4. The number of para-hydroxylation sites is 4. The molecular weight excluding hydrogens is 1220 g/mol. The minimum Gasteiger partial charge on any atom is -0.509 e. The molecule has 0 radical (unpaired) electrons. The van der Waals surface area contributed by atoms with Crippen molar-refractivity contribution >= 4 is 50.6 Å². The number of benzene rings is 9. The zero-order valence-corrected chi connectivity index (χ0v) is 51.7. The van der Waals surface area contributed by atoms with Crippen LogP contribution in [0.15, 0.2) is 188 Å². The van der Waals surface area contributed by atoms with Crippen molar-refractivity contribution in [3.63, 3.8) is 0 Å². The van der Waals surface area contributed by atoms with E-state index in [4.69, 9.17) is 9.72 Å². The van der Waals surface area contributed by atoms with E-state index in [1.165, 1.54) is 45.5 Å². The predicted octanol–water partition coefficient (Wildman–Crippen LogP) is 21.2. The van der Waals surface area contributed by atoms with Gasteiger partial charge in [0.1, 0.15) is 23.1 Å². The molecular formula is C76H68F2N4OPt+2. The fraction of sp³-hybridized carbons (Fsp3) is 0.211. The Morgan fingerprint density at radius 3 is 1.75 bits per heavy atom. The Labute approximate surface area is 507 Å². The van der Waals surface area contributed by atoms with Crippen LogP contribution in [0.4, 0.5) is 31.5 Å². The molecule has 0 N–H and O–H groups in total. The second-order valence-electron chi connectivity index (χ2n) is 24.3. The third-order valence-corrected chi connectivity index (χ3v) is 16.1. The number of rotatable bonds is 13. The van der Waals surface area contributed by atoms with Gasteiger partial charge in [-0.3, -0.25) is 0 Å². The fourth-order valence-electron chi connectivity index (χ4n) is 11.7. The van der Waals surface area contributed by atoms with Gasteiger partial charge in [0.15, 0.2) is 0 Å². The molecule has 0 saturated carbocycles. The predicted molar refractivity (Wildman–Crippen MR) is 340 cm³/mol. The summed E-state index contributed by atoms with van der Waals surface area (Å²) in [5.74, 6) is 1.31. The van der Waals surface area contributed by atoms with Crippen molar-refractivity contribution < 1.29 is 34.6 Å². The molecule has 0 atom stereocenters. The standard InChI is InChI=1S/C76H68F2N4O.Pt/c1-46(2)51-32-52(47(3)4)34-54(33-51)63-23-19-24-64(55-35-58(77)42-59(78)36-55)75(63)81-45-80(70-26-17-18-27-71(70)81)60-37-56(74-67(48(5)6)39-53(40-68(74)49(7)8)50-20-13-12-14-21-50)38-62(43-60)83-61-28-29-66-65-22-15-16-25-69(65)82(72(66)44-61)73-41-57(30-31-79-73)76(9,10)11;/h12-42,46-49H,1-11H3;/q;+2. The molecule has 9 aromatic carbocycles. The summed E-state index contributed by atoms with van der Waals surface area (Å²) in [6.07, 6.45) is 1.89. The molecule has 0 bridgehead atoms. The minimum absolute atomic E-state index is 0. The van der Waals surface area contributed by atoms with Gasteiger partial charge in [0.25, 0.3) is 11.4 Å². The monoisotopic (exact) mass is 1290 g/mol. The molecule has 0 unspecified atom stereocenters. The van der Waals surface area contributed by atoms with Crippen LogP contribution < -0.4 is 13.9 Å². The van der Waals surface area contributed by atoms with Crippen LogP contribution in [-0.4, -0.2) is 15.6 Å². The Bertz CT molecular complexity index is 4350. The van der Waals surface area contributed by atoms with Crippen LogP contribution in [0.1, 0.15) is 128 Å². The summed E-state index contributed by atoms with van der Waals surface area (Å²) in [5.41, 5.74) is 18.3. The SMILES string of the molecule is CC(C)c1cc(-c2cccc(-c3cc(F)cc(F)c3)c2[N+]2=C=[N+](c3[c-]c(Oc4[c-]c5c(cc4)c4ccccc4n5-c4cc(C(C)(C)C)ccn4)cc(-c4c(C(C)C)cc(-c5ccccc5)cc4C(C)C)c3)c3ccccc32)cc(C(C)C)c1.[Pt+2]. The molecule has 3 heterocycles. The molecule has 1 aliphatic rings. The molecule has 0 aliphatic carbocycles. The summed E-state index contributed by atoms with van der Waals surface area (Å²) in [6.45, 7) is 24.5. The van der Waals surface area contributed by atoms with Crippen LogP contribution in [0.2, 0.25) is 0 Å². The van der Waals surface area contributed by atoms with Crippen molar-refractivity contribution in [3.05, 3.63) is 240 Å². The van der Waals surface area contributed by atoms with E-state index in [2.05, 4.69) is 237 Å². The normalized spacial score (nSPS) is 12.4. The van der Waals surface area contributed by atoms with Gasteiger partial charge in [-0.2, -0.15) is 6.07 Å². The Morgan fingerprint density at radius 2 is 1.12 bits per heavy atom. The Kier molecular flexibility index (Phi) is 15.7.